The van der Waals surface area contributed by atoms with Gasteiger partial charge < -0.3 is 10.6 Å². The van der Waals surface area contributed by atoms with Crippen molar-refractivity contribution in [2.75, 3.05) is 13.1 Å². The maximum atomic E-state index is 13.2. The van der Waals surface area contributed by atoms with Gasteiger partial charge >= 0.3 is 0 Å². The van der Waals surface area contributed by atoms with Crippen LogP contribution >= 0.6 is 23.7 Å². The Morgan fingerprint density at radius 2 is 1.81 bits per heavy atom. The number of hydrogen-bond donors (Lipinski definition) is 1. The molecule has 0 spiro atoms. The average molecular weight is 391 g/mol. The third kappa shape index (κ3) is 3.61. The molecule has 136 valence electrons. The van der Waals surface area contributed by atoms with Gasteiger partial charge in [-0.15, -0.1) is 23.7 Å². The van der Waals surface area contributed by atoms with Crippen molar-refractivity contribution < 1.29 is 9.18 Å². The summed E-state index contributed by atoms with van der Waals surface area (Å²) in [6.45, 7) is 1.44. The minimum Gasteiger partial charge on any atom is -0.338 e. The van der Waals surface area contributed by atoms with Crippen LogP contribution in [0.15, 0.2) is 48.5 Å². The van der Waals surface area contributed by atoms with E-state index in [4.69, 9.17) is 5.73 Å². The standard InChI is InChI=1S/C20H19FN2OS.ClH/c21-14-6-4-13(5-7-14)16-2-1-3-18-17(16)12-19(25-18)20(24)23-10-8-15(22)9-11-23;/h1-7,12,15H,8-11,22H2;1H. The lowest BCUT2D eigenvalue weighted by atomic mass is 10.0. The van der Waals surface area contributed by atoms with Gasteiger partial charge in [-0.1, -0.05) is 24.3 Å². The molecule has 26 heavy (non-hydrogen) atoms. The lowest BCUT2D eigenvalue weighted by Crippen LogP contribution is -2.42. The van der Waals surface area contributed by atoms with E-state index in [-0.39, 0.29) is 30.2 Å². The fraction of sp³-hybridized carbons (Fsp3) is 0.250. The average Bonchev–Trinajstić information content (AvgIpc) is 3.07. The molecule has 1 aliphatic rings. The molecule has 0 unspecified atom stereocenters. The van der Waals surface area contributed by atoms with E-state index in [1.807, 2.05) is 29.2 Å². The third-order valence-corrected chi connectivity index (χ3v) is 5.84. The van der Waals surface area contributed by atoms with Crippen LogP contribution in [0.4, 0.5) is 4.39 Å². The Morgan fingerprint density at radius 1 is 1.12 bits per heavy atom. The summed E-state index contributed by atoms with van der Waals surface area (Å²) in [5.74, 6) is -0.168. The summed E-state index contributed by atoms with van der Waals surface area (Å²) < 4.78 is 14.3. The molecule has 1 amide bonds. The number of carbonyl (C=O) groups excluding carboxylic acids is 1. The van der Waals surface area contributed by atoms with Gasteiger partial charge in [0.05, 0.1) is 4.88 Å². The van der Waals surface area contributed by atoms with Crippen LogP contribution in [0.5, 0.6) is 0 Å². The first-order valence-corrected chi connectivity index (χ1v) is 9.27. The van der Waals surface area contributed by atoms with E-state index in [0.29, 0.717) is 0 Å². The number of rotatable bonds is 2. The molecule has 4 rings (SSSR count). The minimum atomic E-state index is -0.250. The van der Waals surface area contributed by atoms with Crippen molar-refractivity contribution in [2.45, 2.75) is 18.9 Å². The van der Waals surface area contributed by atoms with Gasteiger partial charge in [-0.3, -0.25) is 4.79 Å². The van der Waals surface area contributed by atoms with E-state index in [1.165, 1.54) is 23.5 Å². The quantitative estimate of drug-likeness (QED) is 0.689. The first kappa shape index (κ1) is 18.8. The summed E-state index contributed by atoms with van der Waals surface area (Å²) >= 11 is 1.52. The topological polar surface area (TPSA) is 46.3 Å². The molecule has 1 fully saturated rings. The Kier molecular flexibility index (Phi) is 5.61. The first-order chi connectivity index (χ1) is 12.1. The van der Waals surface area contributed by atoms with Crippen LogP contribution < -0.4 is 5.73 Å². The zero-order valence-corrected chi connectivity index (χ0v) is 15.8. The van der Waals surface area contributed by atoms with Gasteiger partial charge in [0, 0.05) is 29.2 Å². The number of carbonyl (C=O) groups is 1. The van der Waals surface area contributed by atoms with Crippen molar-refractivity contribution in [3.05, 3.63) is 59.2 Å². The number of nitrogens with zero attached hydrogens (tertiary/aromatic N) is 1. The maximum Gasteiger partial charge on any atom is 0.263 e. The molecule has 2 N–H and O–H groups in total. The molecule has 6 heteroatoms. The van der Waals surface area contributed by atoms with Gasteiger partial charge in [0.25, 0.3) is 5.91 Å². The normalized spacial score (nSPS) is 15.1. The summed E-state index contributed by atoms with van der Waals surface area (Å²) in [4.78, 5) is 15.5. The Hall–Kier alpha value is -1.95. The Morgan fingerprint density at radius 3 is 2.50 bits per heavy atom. The van der Waals surface area contributed by atoms with E-state index >= 15 is 0 Å². The molecular formula is C20H20ClFN2OS. The van der Waals surface area contributed by atoms with Crippen molar-refractivity contribution in [3.63, 3.8) is 0 Å². The Balaban J connectivity index is 0.00000196. The SMILES string of the molecule is Cl.NC1CCN(C(=O)c2cc3c(-c4ccc(F)cc4)cccc3s2)CC1. The number of halogens is 2. The fourth-order valence-electron chi connectivity index (χ4n) is 3.31. The highest BCUT2D eigenvalue weighted by Gasteiger charge is 2.23. The molecule has 1 aromatic heterocycles. The van der Waals surface area contributed by atoms with Crippen molar-refractivity contribution in [1.29, 1.82) is 0 Å². The highest BCUT2D eigenvalue weighted by molar-refractivity contribution is 7.20. The summed E-state index contributed by atoms with van der Waals surface area (Å²) in [6.07, 6.45) is 1.72. The number of thiophene rings is 1. The largest absolute Gasteiger partial charge is 0.338 e. The van der Waals surface area contributed by atoms with Crippen molar-refractivity contribution in [3.8, 4) is 11.1 Å². The highest BCUT2D eigenvalue weighted by Crippen LogP contribution is 2.35. The van der Waals surface area contributed by atoms with E-state index in [0.717, 1.165) is 52.0 Å². The second kappa shape index (κ2) is 7.74. The van der Waals surface area contributed by atoms with E-state index in [1.54, 1.807) is 12.1 Å². The van der Waals surface area contributed by atoms with Gasteiger partial charge in [0.1, 0.15) is 5.82 Å². The van der Waals surface area contributed by atoms with Gasteiger partial charge in [0.15, 0.2) is 0 Å². The lowest BCUT2D eigenvalue weighted by molar-refractivity contribution is 0.0720. The van der Waals surface area contributed by atoms with Gasteiger partial charge in [0.2, 0.25) is 0 Å². The van der Waals surface area contributed by atoms with E-state index < -0.39 is 0 Å². The Bertz CT molecular complexity index is 917. The predicted molar refractivity (Wildman–Crippen MR) is 108 cm³/mol. The number of likely N-dealkylation sites (tertiary alicyclic amines) is 1. The first-order valence-electron chi connectivity index (χ1n) is 8.45. The maximum absolute atomic E-state index is 13.2. The van der Waals surface area contributed by atoms with Crippen molar-refractivity contribution >= 4 is 39.7 Å². The van der Waals surface area contributed by atoms with Crippen LogP contribution in [0.25, 0.3) is 21.2 Å². The molecule has 1 aliphatic heterocycles. The monoisotopic (exact) mass is 390 g/mol. The number of piperidine rings is 1. The predicted octanol–water partition coefficient (Wildman–Crippen LogP) is 4.69. The van der Waals surface area contributed by atoms with Crippen LogP contribution in [0.2, 0.25) is 0 Å². The zero-order valence-electron chi connectivity index (χ0n) is 14.2. The summed E-state index contributed by atoms with van der Waals surface area (Å²) in [7, 11) is 0. The molecule has 1 saturated heterocycles. The number of hydrogen-bond acceptors (Lipinski definition) is 3. The van der Waals surface area contributed by atoms with Crippen LogP contribution in [-0.4, -0.2) is 29.9 Å². The lowest BCUT2D eigenvalue weighted by Gasteiger charge is -2.29. The van der Waals surface area contributed by atoms with Gasteiger partial charge in [-0.2, -0.15) is 0 Å². The molecule has 2 heterocycles. The highest BCUT2D eigenvalue weighted by atomic mass is 35.5. The van der Waals surface area contributed by atoms with E-state index in [9.17, 15) is 9.18 Å². The summed E-state index contributed by atoms with van der Waals surface area (Å²) in [6, 6.07) is 14.7. The van der Waals surface area contributed by atoms with Crippen molar-refractivity contribution in [1.82, 2.24) is 4.90 Å². The molecular weight excluding hydrogens is 371 g/mol. The molecule has 0 aliphatic carbocycles. The second-order valence-corrected chi connectivity index (χ2v) is 7.55. The minimum absolute atomic E-state index is 0. The van der Waals surface area contributed by atoms with Crippen LogP contribution in [-0.2, 0) is 0 Å². The van der Waals surface area contributed by atoms with E-state index in [2.05, 4.69) is 0 Å². The van der Waals surface area contributed by atoms with Crippen LogP contribution in [0, 0.1) is 5.82 Å². The van der Waals surface area contributed by atoms with Crippen molar-refractivity contribution in [2.24, 2.45) is 5.73 Å². The van der Waals surface area contributed by atoms with Gasteiger partial charge in [-0.25, -0.2) is 4.39 Å². The number of amides is 1. The molecule has 0 saturated carbocycles. The number of fused-ring (bicyclic) bond motifs is 1. The third-order valence-electron chi connectivity index (χ3n) is 4.75. The second-order valence-electron chi connectivity index (χ2n) is 6.46. The van der Waals surface area contributed by atoms with Gasteiger partial charge in [-0.05, 0) is 48.2 Å². The molecule has 2 aromatic carbocycles. The molecule has 0 atom stereocenters. The summed E-state index contributed by atoms with van der Waals surface area (Å²) in [5.41, 5.74) is 7.90. The Labute approximate surface area is 162 Å². The number of benzene rings is 2. The fourth-order valence-corrected chi connectivity index (χ4v) is 4.36. The smallest absolute Gasteiger partial charge is 0.263 e. The number of nitrogens with two attached hydrogens (primary N) is 1. The molecule has 0 radical (unpaired) electrons. The zero-order chi connectivity index (χ0) is 17.4. The van der Waals surface area contributed by atoms with Crippen LogP contribution in [0.1, 0.15) is 22.5 Å². The molecule has 3 nitrogen and oxygen atoms in total. The molecule has 0 bridgehead atoms. The summed E-state index contributed by atoms with van der Waals surface area (Å²) in [5, 5.41) is 1.04. The van der Waals surface area contributed by atoms with Crippen LogP contribution in [0.3, 0.4) is 0 Å². The molecule has 3 aromatic rings.